The summed E-state index contributed by atoms with van der Waals surface area (Å²) in [5, 5.41) is 10.4. The zero-order chi connectivity index (χ0) is 17.1. The molecule has 0 aliphatic carbocycles. The van der Waals surface area contributed by atoms with E-state index in [-0.39, 0.29) is 0 Å². The number of fused-ring (bicyclic) bond motifs is 1. The van der Waals surface area contributed by atoms with Gasteiger partial charge in [0.05, 0.1) is 17.1 Å². The fourth-order valence-corrected chi connectivity index (χ4v) is 2.50. The van der Waals surface area contributed by atoms with Crippen molar-refractivity contribution in [2.45, 2.75) is 0 Å². The highest BCUT2D eigenvalue weighted by atomic mass is 32.1. The molecule has 0 atom stereocenters. The number of rotatable bonds is 2. The molecule has 0 unspecified atom stereocenters. The van der Waals surface area contributed by atoms with Gasteiger partial charge in [0.1, 0.15) is 5.75 Å². The number of ether oxygens (including phenoxy) is 1. The third-order valence-electron chi connectivity index (χ3n) is 3.61. The minimum absolute atomic E-state index is 0.383. The van der Waals surface area contributed by atoms with E-state index in [9.17, 15) is 0 Å². The Labute approximate surface area is 145 Å². The molecule has 4 nitrogen and oxygen atoms in total. The van der Waals surface area contributed by atoms with Gasteiger partial charge < -0.3 is 9.64 Å². The highest BCUT2D eigenvalue weighted by molar-refractivity contribution is 7.80. The number of thiocarbonyl (C=S) groups is 1. The maximum Gasteiger partial charge on any atom is 0.264 e. The highest BCUT2D eigenvalue weighted by Gasteiger charge is 2.14. The van der Waals surface area contributed by atoms with E-state index in [4.69, 9.17) is 22.2 Å². The Morgan fingerprint density at radius 1 is 1.12 bits per heavy atom. The van der Waals surface area contributed by atoms with Crippen LogP contribution in [0.4, 0.5) is 0 Å². The van der Waals surface area contributed by atoms with Gasteiger partial charge in [0.15, 0.2) is 0 Å². The number of hydrogen-bond donors (Lipinski definition) is 0. The molecule has 0 aliphatic heterocycles. The lowest BCUT2D eigenvalue weighted by Gasteiger charge is -2.18. The Bertz CT molecular complexity index is 943. The van der Waals surface area contributed by atoms with Crippen LogP contribution in [0.15, 0.2) is 54.7 Å². The summed E-state index contributed by atoms with van der Waals surface area (Å²) in [5.41, 5.74) is 3.35. The van der Waals surface area contributed by atoms with Crippen molar-refractivity contribution in [3.05, 3.63) is 60.3 Å². The van der Waals surface area contributed by atoms with Crippen molar-refractivity contribution in [2.24, 2.45) is 0 Å². The third kappa shape index (κ3) is 3.05. The number of benzene rings is 2. The molecule has 0 spiro atoms. The Hall–Kier alpha value is -2.97. The predicted octanol–water partition coefficient (Wildman–Crippen LogP) is 4.00. The van der Waals surface area contributed by atoms with Crippen molar-refractivity contribution in [1.29, 1.82) is 5.26 Å². The van der Waals surface area contributed by atoms with Crippen LogP contribution in [0.2, 0.25) is 0 Å². The minimum atomic E-state index is 0.383. The smallest absolute Gasteiger partial charge is 0.264 e. The topological polar surface area (TPSA) is 49.1 Å². The number of nitrogens with zero attached hydrogens (tertiary/aromatic N) is 3. The van der Waals surface area contributed by atoms with Crippen molar-refractivity contribution in [2.75, 3.05) is 14.1 Å². The van der Waals surface area contributed by atoms with Gasteiger partial charge in [-0.1, -0.05) is 18.2 Å². The Balaban J connectivity index is 2.20. The molecule has 24 heavy (non-hydrogen) atoms. The van der Waals surface area contributed by atoms with Gasteiger partial charge in [-0.15, -0.1) is 0 Å². The van der Waals surface area contributed by atoms with Crippen molar-refractivity contribution < 1.29 is 4.74 Å². The van der Waals surface area contributed by atoms with E-state index in [1.807, 2.05) is 50.5 Å². The Kier molecular flexibility index (Phi) is 4.41. The molecule has 3 rings (SSSR count). The first kappa shape index (κ1) is 15.9. The van der Waals surface area contributed by atoms with Crippen molar-refractivity contribution >= 4 is 28.3 Å². The molecule has 118 valence electrons. The van der Waals surface area contributed by atoms with E-state index in [0.717, 1.165) is 22.0 Å². The molecule has 0 N–H and O–H groups in total. The van der Waals surface area contributed by atoms with Crippen molar-refractivity contribution in [3.8, 4) is 22.9 Å². The molecule has 1 heterocycles. The normalized spacial score (nSPS) is 10.2. The minimum Gasteiger partial charge on any atom is -0.431 e. The monoisotopic (exact) mass is 333 g/mol. The maximum absolute atomic E-state index is 9.00. The molecule has 3 aromatic rings. The summed E-state index contributed by atoms with van der Waals surface area (Å²) in [6, 6.07) is 17.2. The van der Waals surface area contributed by atoms with Crippen LogP contribution in [0, 0.1) is 11.3 Å². The van der Waals surface area contributed by atoms with Gasteiger partial charge in [-0.25, -0.2) is 0 Å². The van der Waals surface area contributed by atoms with Crippen LogP contribution in [-0.2, 0) is 0 Å². The van der Waals surface area contributed by atoms with Crippen molar-refractivity contribution in [3.63, 3.8) is 0 Å². The molecule has 2 aromatic carbocycles. The fourth-order valence-electron chi connectivity index (χ4n) is 2.41. The first-order valence-electron chi connectivity index (χ1n) is 7.37. The first-order valence-corrected chi connectivity index (χ1v) is 7.78. The molecule has 0 amide bonds. The van der Waals surface area contributed by atoms with Gasteiger partial charge in [0.2, 0.25) is 0 Å². The van der Waals surface area contributed by atoms with E-state index in [1.165, 1.54) is 0 Å². The first-order chi connectivity index (χ1) is 11.6. The zero-order valence-corrected chi connectivity index (χ0v) is 14.2. The third-order valence-corrected chi connectivity index (χ3v) is 4.06. The summed E-state index contributed by atoms with van der Waals surface area (Å²) in [6.07, 6.45) is 1.76. The second-order valence-electron chi connectivity index (χ2n) is 5.46. The molecule has 1 aromatic heterocycles. The summed E-state index contributed by atoms with van der Waals surface area (Å²) in [5.74, 6) is 0.666. The zero-order valence-electron chi connectivity index (χ0n) is 13.4. The molecule has 0 bridgehead atoms. The summed E-state index contributed by atoms with van der Waals surface area (Å²) in [7, 11) is 3.68. The standard InChI is InChI=1S/C19H15N3OS/c1-22(2)19(24)23-17-10-9-16-15(4-3-11-21-16)18(17)14-7-5-13(12-20)6-8-14/h3-11H,1-2H3. The summed E-state index contributed by atoms with van der Waals surface area (Å²) < 4.78 is 5.89. The molecular formula is C19H15N3OS. The van der Waals surface area contributed by atoms with Gasteiger partial charge in [-0.05, 0) is 48.1 Å². The average Bonchev–Trinajstić information content (AvgIpc) is 2.61. The van der Waals surface area contributed by atoms with E-state index in [2.05, 4.69) is 11.1 Å². The van der Waals surface area contributed by atoms with Gasteiger partial charge in [-0.2, -0.15) is 5.26 Å². The number of nitriles is 1. The number of pyridine rings is 1. The van der Waals surface area contributed by atoms with Crippen LogP contribution in [0.5, 0.6) is 5.75 Å². The molecule has 0 fully saturated rings. The van der Waals surface area contributed by atoms with Crippen molar-refractivity contribution in [1.82, 2.24) is 9.88 Å². The van der Waals surface area contributed by atoms with Gasteiger partial charge >= 0.3 is 0 Å². The average molecular weight is 333 g/mol. The Morgan fingerprint density at radius 3 is 2.54 bits per heavy atom. The summed E-state index contributed by atoms with van der Waals surface area (Å²) in [6.45, 7) is 0. The summed E-state index contributed by atoms with van der Waals surface area (Å²) in [4.78, 5) is 6.15. The van der Waals surface area contributed by atoms with Crippen LogP contribution in [0.25, 0.3) is 22.0 Å². The molecule has 0 radical (unpaired) electrons. The van der Waals surface area contributed by atoms with E-state index >= 15 is 0 Å². The van der Waals surface area contributed by atoms with Gasteiger partial charge in [-0.3, -0.25) is 4.98 Å². The number of aromatic nitrogens is 1. The molecule has 0 saturated heterocycles. The Morgan fingerprint density at radius 2 is 1.88 bits per heavy atom. The van der Waals surface area contributed by atoms with Crippen LogP contribution in [-0.4, -0.2) is 29.2 Å². The van der Waals surface area contributed by atoms with E-state index in [0.29, 0.717) is 16.5 Å². The van der Waals surface area contributed by atoms with Crippen LogP contribution in [0.3, 0.4) is 0 Å². The van der Waals surface area contributed by atoms with Crippen LogP contribution in [0.1, 0.15) is 5.56 Å². The van der Waals surface area contributed by atoms with Crippen LogP contribution < -0.4 is 4.74 Å². The van der Waals surface area contributed by atoms with Crippen LogP contribution >= 0.6 is 12.2 Å². The molecular weight excluding hydrogens is 318 g/mol. The van der Waals surface area contributed by atoms with Gasteiger partial charge in [0.25, 0.3) is 5.17 Å². The van der Waals surface area contributed by atoms with E-state index in [1.54, 1.807) is 23.2 Å². The van der Waals surface area contributed by atoms with Gasteiger partial charge in [0, 0.05) is 31.2 Å². The second kappa shape index (κ2) is 6.65. The maximum atomic E-state index is 9.00. The molecule has 5 heteroatoms. The lowest BCUT2D eigenvalue weighted by molar-refractivity contribution is 0.451. The second-order valence-corrected chi connectivity index (χ2v) is 5.81. The number of hydrogen-bond acceptors (Lipinski definition) is 4. The fraction of sp³-hybridized carbons (Fsp3) is 0.105. The lowest BCUT2D eigenvalue weighted by atomic mass is 9.98. The molecule has 0 saturated carbocycles. The lowest BCUT2D eigenvalue weighted by Crippen LogP contribution is -2.25. The summed E-state index contributed by atoms with van der Waals surface area (Å²) >= 11 is 5.28. The SMILES string of the molecule is CN(C)C(=S)Oc1ccc2ncccc2c1-c1ccc(C#N)cc1. The van der Waals surface area contributed by atoms with E-state index < -0.39 is 0 Å². The highest BCUT2D eigenvalue weighted by Crippen LogP contribution is 2.36. The predicted molar refractivity (Wildman–Crippen MR) is 98.8 cm³/mol. The molecule has 0 aliphatic rings. The quantitative estimate of drug-likeness (QED) is 0.664. The largest absolute Gasteiger partial charge is 0.431 e.